The van der Waals surface area contributed by atoms with Crippen molar-refractivity contribution in [3.63, 3.8) is 0 Å². The Balaban J connectivity index is 1.72. The highest BCUT2D eigenvalue weighted by atomic mass is 16.5. The molecule has 2 heterocycles. The summed E-state index contributed by atoms with van der Waals surface area (Å²) in [5.74, 6) is 1.53. The number of imidazole rings is 1. The summed E-state index contributed by atoms with van der Waals surface area (Å²) in [6.07, 6.45) is 0.264. The number of aliphatic hydroxyl groups is 1. The van der Waals surface area contributed by atoms with Gasteiger partial charge in [0.25, 0.3) is 0 Å². The van der Waals surface area contributed by atoms with Crippen LogP contribution in [-0.4, -0.2) is 38.9 Å². The number of aryl methyl sites for hydroxylation is 2. The number of carbonyl (C=O) groups excluding carboxylic acids is 1. The fourth-order valence-corrected chi connectivity index (χ4v) is 2.45. The van der Waals surface area contributed by atoms with Crippen LogP contribution in [0.1, 0.15) is 12.2 Å². The lowest BCUT2D eigenvalue weighted by molar-refractivity contribution is -0.116. The average Bonchev–Trinajstić information content (AvgIpc) is 3.14. The molecule has 0 fully saturated rings. The number of para-hydroxylation sites is 2. The van der Waals surface area contributed by atoms with Crippen LogP contribution in [0.2, 0.25) is 0 Å². The minimum Gasteiger partial charge on any atom is -0.395 e. The van der Waals surface area contributed by atoms with Crippen LogP contribution in [0, 0.1) is 6.92 Å². The number of fused-ring (bicyclic) bond motifs is 1. The molecule has 0 saturated carbocycles. The molecule has 3 aromatic rings. The van der Waals surface area contributed by atoms with Gasteiger partial charge in [-0.25, -0.2) is 4.98 Å². The lowest BCUT2D eigenvalue weighted by Gasteiger charge is -2.10. The van der Waals surface area contributed by atoms with Crippen LogP contribution in [0.3, 0.4) is 0 Å². The van der Waals surface area contributed by atoms with Crippen molar-refractivity contribution in [2.75, 3.05) is 23.8 Å². The molecular weight excluding hydrogens is 310 g/mol. The Morgan fingerprint density at radius 2 is 2.21 bits per heavy atom. The predicted octanol–water partition coefficient (Wildman–Crippen LogP) is 1.77. The lowest BCUT2D eigenvalue weighted by atomic mass is 10.3. The van der Waals surface area contributed by atoms with Gasteiger partial charge in [-0.2, -0.15) is 0 Å². The highest BCUT2D eigenvalue weighted by Gasteiger charge is 2.12. The third-order valence-corrected chi connectivity index (χ3v) is 3.51. The monoisotopic (exact) mass is 329 g/mol. The lowest BCUT2D eigenvalue weighted by Crippen LogP contribution is -2.17. The topological polar surface area (TPSA) is 105 Å². The molecule has 3 N–H and O–H groups in total. The number of rotatable bonds is 7. The van der Waals surface area contributed by atoms with E-state index < -0.39 is 0 Å². The second-order valence-electron chi connectivity index (χ2n) is 5.35. The van der Waals surface area contributed by atoms with Gasteiger partial charge in [-0.1, -0.05) is 17.3 Å². The summed E-state index contributed by atoms with van der Waals surface area (Å²) in [7, 11) is 0. The van der Waals surface area contributed by atoms with Gasteiger partial charge < -0.3 is 24.8 Å². The molecule has 3 rings (SSSR count). The molecule has 8 nitrogen and oxygen atoms in total. The number of aromatic nitrogens is 3. The average molecular weight is 329 g/mol. The Morgan fingerprint density at radius 3 is 2.96 bits per heavy atom. The quantitative estimate of drug-likeness (QED) is 0.610. The van der Waals surface area contributed by atoms with Crippen LogP contribution in [0.4, 0.5) is 11.8 Å². The molecule has 1 amide bonds. The molecule has 0 aliphatic heterocycles. The third kappa shape index (κ3) is 3.54. The van der Waals surface area contributed by atoms with Crippen molar-refractivity contribution >= 4 is 28.7 Å². The molecule has 24 heavy (non-hydrogen) atoms. The zero-order chi connectivity index (χ0) is 16.9. The summed E-state index contributed by atoms with van der Waals surface area (Å²) in [6, 6.07) is 9.36. The van der Waals surface area contributed by atoms with Crippen molar-refractivity contribution in [1.29, 1.82) is 0 Å². The van der Waals surface area contributed by atoms with E-state index >= 15 is 0 Å². The number of anilines is 2. The number of aliphatic hydroxyl groups excluding tert-OH is 1. The van der Waals surface area contributed by atoms with Crippen molar-refractivity contribution in [3.05, 3.63) is 36.1 Å². The summed E-state index contributed by atoms with van der Waals surface area (Å²) in [5.41, 5.74) is 1.77. The first kappa shape index (κ1) is 16.0. The molecule has 0 spiro atoms. The van der Waals surface area contributed by atoms with Crippen molar-refractivity contribution < 1.29 is 14.4 Å². The van der Waals surface area contributed by atoms with E-state index in [9.17, 15) is 4.79 Å². The Labute approximate surface area is 138 Å². The fraction of sp³-hybridized carbons (Fsp3) is 0.312. The number of hydrogen-bond acceptors (Lipinski definition) is 6. The first-order valence-corrected chi connectivity index (χ1v) is 7.70. The Morgan fingerprint density at radius 1 is 1.38 bits per heavy atom. The van der Waals surface area contributed by atoms with E-state index in [-0.39, 0.29) is 18.9 Å². The Hall–Kier alpha value is -2.87. The van der Waals surface area contributed by atoms with Gasteiger partial charge in [0.1, 0.15) is 5.76 Å². The van der Waals surface area contributed by atoms with Crippen LogP contribution >= 0.6 is 0 Å². The Bertz CT molecular complexity index is 839. The van der Waals surface area contributed by atoms with E-state index in [0.29, 0.717) is 30.6 Å². The summed E-state index contributed by atoms with van der Waals surface area (Å²) in [6.45, 7) is 2.62. The van der Waals surface area contributed by atoms with Gasteiger partial charge in [-0.15, -0.1) is 0 Å². The van der Waals surface area contributed by atoms with E-state index in [4.69, 9.17) is 9.63 Å². The molecule has 0 unspecified atom stereocenters. The van der Waals surface area contributed by atoms with Crippen LogP contribution in [0.15, 0.2) is 34.9 Å². The van der Waals surface area contributed by atoms with Crippen molar-refractivity contribution in [3.8, 4) is 0 Å². The smallest absolute Gasteiger partial charge is 0.227 e. The predicted molar refractivity (Wildman–Crippen MR) is 89.8 cm³/mol. The van der Waals surface area contributed by atoms with Gasteiger partial charge in [-0.3, -0.25) is 4.79 Å². The molecule has 8 heteroatoms. The van der Waals surface area contributed by atoms with Gasteiger partial charge >= 0.3 is 0 Å². The summed E-state index contributed by atoms with van der Waals surface area (Å²) < 4.78 is 6.85. The summed E-state index contributed by atoms with van der Waals surface area (Å²) >= 11 is 0. The SMILES string of the molecule is Cc1cc(NC(=O)CCn2c(NCCO)nc3ccccc32)no1. The molecular formula is C16H19N5O3. The molecule has 126 valence electrons. The second kappa shape index (κ2) is 7.14. The highest BCUT2D eigenvalue weighted by Crippen LogP contribution is 2.20. The molecule has 0 radical (unpaired) electrons. The van der Waals surface area contributed by atoms with E-state index in [1.807, 2.05) is 28.8 Å². The fourth-order valence-electron chi connectivity index (χ4n) is 2.45. The second-order valence-corrected chi connectivity index (χ2v) is 5.35. The third-order valence-electron chi connectivity index (χ3n) is 3.51. The number of amides is 1. The summed E-state index contributed by atoms with van der Waals surface area (Å²) in [4.78, 5) is 16.6. The molecule has 0 aliphatic carbocycles. The number of nitrogens with one attached hydrogen (secondary N) is 2. The van der Waals surface area contributed by atoms with Gasteiger partial charge in [0.2, 0.25) is 11.9 Å². The largest absolute Gasteiger partial charge is 0.395 e. The molecule has 0 atom stereocenters. The Kier molecular flexibility index (Phi) is 4.76. The van der Waals surface area contributed by atoms with Crippen LogP contribution in [-0.2, 0) is 11.3 Å². The highest BCUT2D eigenvalue weighted by molar-refractivity contribution is 5.89. The number of hydrogen-bond donors (Lipinski definition) is 3. The first-order valence-electron chi connectivity index (χ1n) is 7.70. The number of carbonyl (C=O) groups is 1. The van der Waals surface area contributed by atoms with Gasteiger partial charge in [-0.05, 0) is 19.1 Å². The van der Waals surface area contributed by atoms with Crippen LogP contribution in [0.5, 0.6) is 0 Å². The van der Waals surface area contributed by atoms with Gasteiger partial charge in [0, 0.05) is 25.6 Å². The van der Waals surface area contributed by atoms with E-state index in [0.717, 1.165) is 11.0 Å². The molecule has 1 aromatic carbocycles. The first-order chi connectivity index (χ1) is 11.7. The van der Waals surface area contributed by atoms with E-state index in [1.165, 1.54) is 0 Å². The molecule has 0 bridgehead atoms. The molecule has 0 aliphatic rings. The molecule has 2 aromatic heterocycles. The zero-order valence-electron chi connectivity index (χ0n) is 13.3. The summed E-state index contributed by atoms with van der Waals surface area (Å²) in [5, 5.41) is 18.5. The van der Waals surface area contributed by atoms with Crippen molar-refractivity contribution in [2.24, 2.45) is 0 Å². The zero-order valence-corrected chi connectivity index (χ0v) is 13.3. The minimum atomic E-state index is -0.158. The van der Waals surface area contributed by atoms with Crippen molar-refractivity contribution in [1.82, 2.24) is 14.7 Å². The van der Waals surface area contributed by atoms with Crippen LogP contribution in [0.25, 0.3) is 11.0 Å². The normalized spacial score (nSPS) is 10.9. The molecule has 0 saturated heterocycles. The standard InChI is InChI=1S/C16H19N5O3/c1-11-10-14(20-24-11)19-15(23)6-8-21-13-5-3-2-4-12(13)18-16(21)17-7-9-22/h2-5,10,22H,6-9H2,1H3,(H,17,18)(H,19,20,23). The van der Waals surface area contributed by atoms with E-state index in [2.05, 4.69) is 20.8 Å². The van der Waals surface area contributed by atoms with Gasteiger partial charge in [0.05, 0.1) is 17.6 Å². The van der Waals surface area contributed by atoms with Crippen LogP contribution < -0.4 is 10.6 Å². The number of nitrogens with zero attached hydrogens (tertiary/aromatic N) is 3. The maximum Gasteiger partial charge on any atom is 0.227 e. The van der Waals surface area contributed by atoms with E-state index in [1.54, 1.807) is 13.0 Å². The number of benzene rings is 1. The maximum absolute atomic E-state index is 12.1. The van der Waals surface area contributed by atoms with Gasteiger partial charge in [0.15, 0.2) is 5.82 Å². The minimum absolute atomic E-state index is 0.00913. The maximum atomic E-state index is 12.1. The van der Waals surface area contributed by atoms with Crippen molar-refractivity contribution in [2.45, 2.75) is 19.9 Å².